The molecule has 1 fully saturated rings. The van der Waals surface area contributed by atoms with Crippen LogP contribution in [0.25, 0.3) is 0 Å². The molecule has 2 amide bonds. The van der Waals surface area contributed by atoms with E-state index in [0.29, 0.717) is 24.8 Å². The SMILES string of the molecule is CC(=O)Nc1cnn(CC(=O)N2CCC(CO)CC2)n1. The number of hydrogen-bond acceptors (Lipinski definition) is 5. The topological polar surface area (TPSA) is 100 Å². The zero-order chi connectivity index (χ0) is 14.5. The number of rotatable bonds is 4. The van der Waals surface area contributed by atoms with Crippen molar-refractivity contribution in [2.45, 2.75) is 26.3 Å². The van der Waals surface area contributed by atoms with Gasteiger partial charge in [0.05, 0.1) is 6.20 Å². The molecule has 1 saturated heterocycles. The maximum Gasteiger partial charge on any atom is 0.246 e. The quantitative estimate of drug-likeness (QED) is 0.772. The molecule has 2 rings (SSSR count). The van der Waals surface area contributed by atoms with E-state index in [4.69, 9.17) is 5.11 Å². The van der Waals surface area contributed by atoms with Crippen molar-refractivity contribution in [3.8, 4) is 0 Å². The van der Waals surface area contributed by atoms with E-state index in [9.17, 15) is 9.59 Å². The van der Waals surface area contributed by atoms with Gasteiger partial charge in [-0.15, -0.1) is 5.10 Å². The minimum Gasteiger partial charge on any atom is -0.396 e. The second-order valence-electron chi connectivity index (χ2n) is 4.95. The predicted octanol–water partition coefficient (Wildman–Crippen LogP) is -0.533. The number of carbonyl (C=O) groups excluding carboxylic acids is 2. The Kier molecular flexibility index (Phi) is 4.67. The Morgan fingerprint density at radius 3 is 2.75 bits per heavy atom. The molecule has 2 N–H and O–H groups in total. The van der Waals surface area contributed by atoms with Crippen molar-refractivity contribution < 1.29 is 14.7 Å². The van der Waals surface area contributed by atoms with Gasteiger partial charge in [-0.1, -0.05) is 0 Å². The van der Waals surface area contributed by atoms with Gasteiger partial charge in [0.25, 0.3) is 0 Å². The highest BCUT2D eigenvalue weighted by Gasteiger charge is 2.22. The first-order chi connectivity index (χ1) is 9.58. The fourth-order valence-electron chi connectivity index (χ4n) is 2.20. The summed E-state index contributed by atoms with van der Waals surface area (Å²) in [4.78, 5) is 26.0. The standard InChI is InChI=1S/C12H19N5O3/c1-9(19)14-11-6-13-17(15-11)7-12(20)16-4-2-10(8-18)3-5-16/h6,10,18H,2-5,7-8H2,1H3,(H,14,15,19). The number of piperidine rings is 1. The molecule has 0 radical (unpaired) electrons. The number of nitrogens with one attached hydrogen (secondary N) is 1. The van der Waals surface area contributed by atoms with Crippen LogP contribution in [0.15, 0.2) is 6.20 Å². The summed E-state index contributed by atoms with van der Waals surface area (Å²) in [6, 6.07) is 0. The normalized spacial score (nSPS) is 16.2. The summed E-state index contributed by atoms with van der Waals surface area (Å²) in [5.41, 5.74) is 0. The predicted molar refractivity (Wildman–Crippen MR) is 70.7 cm³/mol. The smallest absolute Gasteiger partial charge is 0.246 e. The van der Waals surface area contributed by atoms with Gasteiger partial charge in [-0.3, -0.25) is 9.59 Å². The van der Waals surface area contributed by atoms with Gasteiger partial charge in [0.2, 0.25) is 11.8 Å². The van der Waals surface area contributed by atoms with Crippen molar-refractivity contribution in [1.29, 1.82) is 0 Å². The van der Waals surface area contributed by atoms with E-state index in [1.807, 2.05) is 0 Å². The lowest BCUT2D eigenvalue weighted by Crippen LogP contribution is -2.41. The fraction of sp³-hybridized carbons (Fsp3) is 0.667. The van der Waals surface area contributed by atoms with Gasteiger partial charge < -0.3 is 15.3 Å². The zero-order valence-corrected chi connectivity index (χ0v) is 11.4. The Labute approximate surface area is 116 Å². The summed E-state index contributed by atoms with van der Waals surface area (Å²) in [5.74, 6) is 0.360. The molecular weight excluding hydrogens is 262 g/mol. The third-order valence-electron chi connectivity index (χ3n) is 3.34. The molecule has 8 nitrogen and oxygen atoms in total. The summed E-state index contributed by atoms with van der Waals surface area (Å²) in [5, 5.41) is 19.5. The summed E-state index contributed by atoms with van der Waals surface area (Å²) in [6.45, 7) is 2.94. The Bertz CT molecular complexity index is 479. The van der Waals surface area contributed by atoms with E-state index < -0.39 is 0 Å². The molecule has 1 aromatic heterocycles. The van der Waals surface area contributed by atoms with Crippen molar-refractivity contribution >= 4 is 17.6 Å². The summed E-state index contributed by atoms with van der Waals surface area (Å²) in [6.07, 6.45) is 3.06. The summed E-state index contributed by atoms with van der Waals surface area (Å²) < 4.78 is 0. The van der Waals surface area contributed by atoms with Crippen LogP contribution in [0.1, 0.15) is 19.8 Å². The van der Waals surface area contributed by atoms with Crippen molar-refractivity contribution in [3.05, 3.63) is 6.20 Å². The highest BCUT2D eigenvalue weighted by atomic mass is 16.3. The molecule has 110 valence electrons. The molecule has 0 saturated carbocycles. The minimum absolute atomic E-state index is 0.0497. The maximum absolute atomic E-state index is 12.1. The van der Waals surface area contributed by atoms with Crippen molar-refractivity contribution in [2.75, 3.05) is 25.0 Å². The third-order valence-corrected chi connectivity index (χ3v) is 3.34. The van der Waals surface area contributed by atoms with E-state index in [1.54, 1.807) is 4.90 Å². The molecule has 1 aliphatic rings. The van der Waals surface area contributed by atoms with Gasteiger partial charge >= 0.3 is 0 Å². The molecule has 1 aliphatic heterocycles. The molecule has 0 atom stereocenters. The first-order valence-electron chi connectivity index (χ1n) is 6.65. The zero-order valence-electron chi connectivity index (χ0n) is 11.4. The summed E-state index contributed by atoms with van der Waals surface area (Å²) in [7, 11) is 0. The van der Waals surface area contributed by atoms with Gasteiger partial charge in [0.1, 0.15) is 6.54 Å². The fourth-order valence-corrected chi connectivity index (χ4v) is 2.20. The van der Waals surface area contributed by atoms with Crippen LogP contribution < -0.4 is 5.32 Å². The highest BCUT2D eigenvalue weighted by Crippen LogP contribution is 2.16. The number of aliphatic hydroxyl groups excluding tert-OH is 1. The molecule has 0 spiro atoms. The van der Waals surface area contributed by atoms with Crippen molar-refractivity contribution in [3.63, 3.8) is 0 Å². The molecule has 0 aliphatic carbocycles. The minimum atomic E-state index is -0.227. The van der Waals surface area contributed by atoms with E-state index >= 15 is 0 Å². The second kappa shape index (κ2) is 6.47. The maximum atomic E-state index is 12.1. The first-order valence-corrected chi connectivity index (χ1v) is 6.65. The Morgan fingerprint density at radius 2 is 2.15 bits per heavy atom. The number of aromatic nitrogens is 3. The second-order valence-corrected chi connectivity index (χ2v) is 4.95. The molecule has 2 heterocycles. The van der Waals surface area contributed by atoms with Crippen LogP contribution >= 0.6 is 0 Å². The van der Waals surface area contributed by atoms with Crippen LogP contribution in [0.5, 0.6) is 0 Å². The number of nitrogens with zero attached hydrogens (tertiary/aromatic N) is 4. The van der Waals surface area contributed by atoms with E-state index in [2.05, 4.69) is 15.5 Å². The molecule has 1 aromatic rings. The van der Waals surface area contributed by atoms with Crippen LogP contribution in [-0.2, 0) is 16.1 Å². The molecule has 0 unspecified atom stereocenters. The molecule has 20 heavy (non-hydrogen) atoms. The lowest BCUT2D eigenvalue weighted by molar-refractivity contribution is -0.133. The van der Waals surface area contributed by atoms with E-state index in [1.165, 1.54) is 17.9 Å². The first kappa shape index (κ1) is 14.4. The monoisotopic (exact) mass is 281 g/mol. The Hall–Kier alpha value is -1.96. The van der Waals surface area contributed by atoms with Gasteiger partial charge in [-0.05, 0) is 18.8 Å². The summed E-state index contributed by atoms with van der Waals surface area (Å²) >= 11 is 0. The van der Waals surface area contributed by atoms with Gasteiger partial charge in [-0.25, -0.2) is 0 Å². The lowest BCUT2D eigenvalue weighted by atomic mass is 9.98. The van der Waals surface area contributed by atoms with Crippen LogP contribution in [0.3, 0.4) is 0 Å². The number of aliphatic hydroxyl groups is 1. The number of carbonyl (C=O) groups is 2. The number of hydrogen-bond donors (Lipinski definition) is 2. The van der Waals surface area contributed by atoms with Crippen molar-refractivity contribution in [2.24, 2.45) is 5.92 Å². The Balaban J connectivity index is 1.85. The third kappa shape index (κ3) is 3.77. The average molecular weight is 281 g/mol. The Morgan fingerprint density at radius 1 is 1.45 bits per heavy atom. The van der Waals surface area contributed by atoms with Gasteiger partial charge in [0, 0.05) is 26.6 Å². The molecule has 8 heteroatoms. The lowest BCUT2D eigenvalue weighted by Gasteiger charge is -2.30. The van der Waals surface area contributed by atoms with Crippen LogP contribution in [0.2, 0.25) is 0 Å². The highest BCUT2D eigenvalue weighted by molar-refractivity contribution is 5.87. The number of anilines is 1. The molecule has 0 bridgehead atoms. The van der Waals surface area contributed by atoms with Gasteiger partial charge in [0.15, 0.2) is 5.82 Å². The average Bonchev–Trinajstić information content (AvgIpc) is 2.85. The van der Waals surface area contributed by atoms with Crippen molar-refractivity contribution in [1.82, 2.24) is 19.9 Å². The number of likely N-dealkylation sites (tertiary alicyclic amines) is 1. The van der Waals surface area contributed by atoms with Crippen LogP contribution in [-0.4, -0.2) is 56.5 Å². The van der Waals surface area contributed by atoms with Crippen LogP contribution in [0, 0.1) is 5.92 Å². The van der Waals surface area contributed by atoms with Crippen LogP contribution in [0.4, 0.5) is 5.82 Å². The van der Waals surface area contributed by atoms with Gasteiger partial charge in [-0.2, -0.15) is 9.90 Å². The largest absolute Gasteiger partial charge is 0.396 e. The molecule has 0 aromatic carbocycles. The van der Waals surface area contributed by atoms with E-state index in [-0.39, 0.29) is 25.0 Å². The van der Waals surface area contributed by atoms with E-state index in [0.717, 1.165) is 12.8 Å². The molecular formula is C12H19N5O3. The number of amides is 2.